The fraction of sp³-hybridized carbons (Fsp3) is 1.00. The average Bonchev–Trinajstić information content (AvgIpc) is 2.37. The highest BCUT2D eigenvalue weighted by Gasteiger charge is 2.34. The van der Waals surface area contributed by atoms with Crippen molar-refractivity contribution in [2.75, 3.05) is 19.7 Å². The van der Waals surface area contributed by atoms with Gasteiger partial charge in [-0.1, -0.05) is 20.3 Å². The summed E-state index contributed by atoms with van der Waals surface area (Å²) in [5.74, 6) is 0.0862. The lowest BCUT2D eigenvalue weighted by molar-refractivity contribution is 0.162. The first kappa shape index (κ1) is 16.2. The highest BCUT2D eigenvalue weighted by Crippen LogP contribution is 2.35. The van der Waals surface area contributed by atoms with E-state index < -0.39 is 10.2 Å². The first-order chi connectivity index (χ1) is 9.32. The molecule has 1 heterocycles. The van der Waals surface area contributed by atoms with Crippen LogP contribution in [0.4, 0.5) is 0 Å². The molecule has 0 aromatic rings. The Kier molecular flexibility index (Phi) is 5.10. The molecule has 0 amide bonds. The van der Waals surface area contributed by atoms with Gasteiger partial charge in [0, 0.05) is 25.7 Å². The Hall–Kier alpha value is -0.170. The molecule has 0 spiro atoms. The Morgan fingerprint density at radius 1 is 1.30 bits per heavy atom. The number of hydrogen-bond donors (Lipinski definition) is 2. The van der Waals surface area contributed by atoms with Crippen molar-refractivity contribution >= 4 is 10.2 Å². The van der Waals surface area contributed by atoms with Crippen molar-refractivity contribution in [1.82, 2.24) is 9.03 Å². The van der Waals surface area contributed by atoms with Crippen LogP contribution < -0.4 is 4.72 Å². The molecule has 1 aliphatic heterocycles. The van der Waals surface area contributed by atoms with E-state index in [0.717, 1.165) is 32.1 Å². The van der Waals surface area contributed by atoms with Gasteiger partial charge in [-0.25, -0.2) is 0 Å². The normalized spacial score (nSPS) is 32.1. The van der Waals surface area contributed by atoms with E-state index in [9.17, 15) is 13.5 Å². The molecule has 0 aromatic carbocycles. The van der Waals surface area contributed by atoms with Gasteiger partial charge in [-0.15, -0.1) is 0 Å². The Labute approximate surface area is 122 Å². The van der Waals surface area contributed by atoms with Crippen molar-refractivity contribution in [1.29, 1.82) is 0 Å². The molecule has 2 unspecified atom stereocenters. The third-order valence-corrected chi connectivity index (χ3v) is 6.24. The lowest BCUT2D eigenvalue weighted by Gasteiger charge is -2.37. The number of hydrogen-bond acceptors (Lipinski definition) is 3. The van der Waals surface area contributed by atoms with Crippen LogP contribution >= 0.6 is 0 Å². The maximum atomic E-state index is 12.5. The van der Waals surface area contributed by atoms with Gasteiger partial charge in [-0.3, -0.25) is 0 Å². The molecule has 20 heavy (non-hydrogen) atoms. The molecule has 6 heteroatoms. The second-order valence-electron chi connectivity index (χ2n) is 7.13. The van der Waals surface area contributed by atoms with Crippen molar-refractivity contribution in [2.24, 2.45) is 11.3 Å². The van der Waals surface area contributed by atoms with Crippen molar-refractivity contribution in [3.63, 3.8) is 0 Å². The largest absolute Gasteiger partial charge is 0.396 e. The molecular formula is C14H28N2O3S. The van der Waals surface area contributed by atoms with E-state index in [1.165, 1.54) is 10.7 Å². The third-order valence-electron chi connectivity index (χ3n) is 4.60. The number of piperidine rings is 1. The molecule has 0 bridgehead atoms. The standard InChI is InChI=1S/C14H28N2O3S/c1-14(2)7-3-6-13(9-14)15-20(18,19)16-8-4-5-12(10-16)11-17/h12-13,15,17H,3-11H2,1-2H3. The Morgan fingerprint density at radius 3 is 2.70 bits per heavy atom. The highest BCUT2D eigenvalue weighted by atomic mass is 32.2. The summed E-state index contributed by atoms with van der Waals surface area (Å²) in [7, 11) is -3.40. The quantitative estimate of drug-likeness (QED) is 0.827. The van der Waals surface area contributed by atoms with Crippen LogP contribution in [0.3, 0.4) is 0 Å². The summed E-state index contributed by atoms with van der Waals surface area (Å²) in [5.41, 5.74) is 0.223. The number of nitrogens with one attached hydrogen (secondary N) is 1. The monoisotopic (exact) mass is 304 g/mol. The van der Waals surface area contributed by atoms with Crippen molar-refractivity contribution in [3.05, 3.63) is 0 Å². The average molecular weight is 304 g/mol. The topological polar surface area (TPSA) is 69.6 Å². The van der Waals surface area contributed by atoms with Gasteiger partial charge < -0.3 is 5.11 Å². The molecule has 1 saturated carbocycles. The number of aliphatic hydroxyl groups excluding tert-OH is 1. The zero-order chi connectivity index (χ0) is 14.8. The van der Waals surface area contributed by atoms with Gasteiger partial charge in [0.25, 0.3) is 10.2 Å². The van der Waals surface area contributed by atoms with E-state index in [1.54, 1.807) is 0 Å². The maximum Gasteiger partial charge on any atom is 0.279 e. The van der Waals surface area contributed by atoms with E-state index in [1.807, 2.05) is 0 Å². The van der Waals surface area contributed by atoms with Crippen LogP contribution in [-0.2, 0) is 10.2 Å². The molecule has 118 valence electrons. The zero-order valence-corrected chi connectivity index (χ0v) is 13.5. The number of nitrogens with zero attached hydrogens (tertiary/aromatic N) is 1. The summed E-state index contributed by atoms with van der Waals surface area (Å²) in [6.45, 7) is 5.50. The molecular weight excluding hydrogens is 276 g/mol. The lowest BCUT2D eigenvalue weighted by Crippen LogP contribution is -2.50. The predicted octanol–water partition coefficient (Wildman–Crippen LogP) is 1.49. The maximum absolute atomic E-state index is 12.5. The van der Waals surface area contributed by atoms with Gasteiger partial charge in [-0.05, 0) is 43.4 Å². The van der Waals surface area contributed by atoms with Crippen LogP contribution in [0.25, 0.3) is 0 Å². The van der Waals surface area contributed by atoms with Gasteiger partial charge in [0.15, 0.2) is 0 Å². The third kappa shape index (κ3) is 4.16. The summed E-state index contributed by atoms with van der Waals surface area (Å²) < 4.78 is 29.3. The van der Waals surface area contributed by atoms with Crippen LogP contribution in [0.5, 0.6) is 0 Å². The van der Waals surface area contributed by atoms with Gasteiger partial charge in [-0.2, -0.15) is 17.4 Å². The number of rotatable bonds is 4. The van der Waals surface area contributed by atoms with E-state index in [4.69, 9.17) is 0 Å². The van der Waals surface area contributed by atoms with Gasteiger partial charge >= 0.3 is 0 Å². The second kappa shape index (κ2) is 6.30. The molecule has 2 atom stereocenters. The molecule has 1 saturated heterocycles. The van der Waals surface area contributed by atoms with Crippen LogP contribution in [0.1, 0.15) is 52.4 Å². The molecule has 0 radical (unpaired) electrons. The minimum absolute atomic E-state index is 0.0539. The molecule has 5 nitrogen and oxygen atoms in total. The Bertz CT molecular complexity index is 422. The smallest absolute Gasteiger partial charge is 0.279 e. The molecule has 0 aromatic heterocycles. The fourth-order valence-electron chi connectivity index (χ4n) is 3.48. The summed E-state index contributed by atoms with van der Waals surface area (Å²) in [6.07, 6.45) is 5.84. The zero-order valence-electron chi connectivity index (χ0n) is 12.6. The Morgan fingerprint density at radius 2 is 2.05 bits per heavy atom. The van der Waals surface area contributed by atoms with Crippen LogP contribution in [0, 0.1) is 11.3 Å². The minimum Gasteiger partial charge on any atom is -0.396 e. The van der Waals surface area contributed by atoms with E-state index in [0.29, 0.717) is 13.1 Å². The number of aliphatic hydroxyl groups is 1. The summed E-state index contributed by atoms with van der Waals surface area (Å²) in [4.78, 5) is 0. The first-order valence-corrected chi connectivity index (χ1v) is 9.15. The lowest BCUT2D eigenvalue weighted by atomic mass is 9.75. The summed E-state index contributed by atoms with van der Waals surface area (Å²) in [6, 6.07) is 0.0539. The molecule has 2 aliphatic rings. The van der Waals surface area contributed by atoms with Crippen molar-refractivity contribution in [2.45, 2.75) is 58.4 Å². The first-order valence-electron chi connectivity index (χ1n) is 7.71. The van der Waals surface area contributed by atoms with E-state index in [2.05, 4.69) is 18.6 Å². The van der Waals surface area contributed by atoms with Crippen LogP contribution in [0.15, 0.2) is 0 Å². The van der Waals surface area contributed by atoms with Crippen LogP contribution in [-0.4, -0.2) is 43.6 Å². The fourth-order valence-corrected chi connectivity index (χ4v) is 5.03. The molecule has 1 aliphatic carbocycles. The Balaban J connectivity index is 1.96. The molecule has 2 fully saturated rings. The van der Waals surface area contributed by atoms with Crippen molar-refractivity contribution < 1.29 is 13.5 Å². The summed E-state index contributed by atoms with van der Waals surface area (Å²) >= 11 is 0. The van der Waals surface area contributed by atoms with Gasteiger partial charge in [0.2, 0.25) is 0 Å². The summed E-state index contributed by atoms with van der Waals surface area (Å²) in [5, 5.41) is 9.22. The minimum atomic E-state index is -3.40. The predicted molar refractivity (Wildman–Crippen MR) is 79.5 cm³/mol. The molecule has 2 N–H and O–H groups in total. The second-order valence-corrected chi connectivity index (χ2v) is 8.83. The highest BCUT2D eigenvalue weighted by molar-refractivity contribution is 7.87. The van der Waals surface area contributed by atoms with Crippen molar-refractivity contribution in [3.8, 4) is 0 Å². The van der Waals surface area contributed by atoms with Gasteiger partial charge in [0.05, 0.1) is 0 Å². The van der Waals surface area contributed by atoms with E-state index >= 15 is 0 Å². The van der Waals surface area contributed by atoms with Gasteiger partial charge in [0.1, 0.15) is 0 Å². The van der Waals surface area contributed by atoms with Crippen LogP contribution in [0.2, 0.25) is 0 Å². The van der Waals surface area contributed by atoms with E-state index in [-0.39, 0.29) is 24.0 Å². The molecule has 2 rings (SSSR count). The SMILES string of the molecule is CC1(C)CCCC(NS(=O)(=O)N2CCCC(CO)C2)C1.